The number of sulfonamides is 1. The van der Waals surface area contributed by atoms with Gasteiger partial charge >= 0.3 is 5.97 Å². The number of esters is 1. The van der Waals surface area contributed by atoms with E-state index >= 15 is 0 Å². The molecule has 0 fully saturated rings. The van der Waals surface area contributed by atoms with E-state index in [9.17, 15) is 18.3 Å². The highest BCUT2D eigenvalue weighted by Gasteiger charge is 2.28. The average molecular weight is 325 g/mol. The zero-order chi connectivity index (χ0) is 16.2. The van der Waals surface area contributed by atoms with Crippen LogP contribution >= 0.6 is 0 Å². The van der Waals surface area contributed by atoms with Gasteiger partial charge in [-0.15, -0.1) is 0 Å². The van der Waals surface area contributed by atoms with E-state index in [1.807, 2.05) is 30.3 Å². The summed E-state index contributed by atoms with van der Waals surface area (Å²) in [6.07, 6.45) is 3.48. The van der Waals surface area contributed by atoms with Crippen LogP contribution in [0.5, 0.6) is 0 Å². The van der Waals surface area contributed by atoms with E-state index in [-0.39, 0.29) is 6.42 Å². The van der Waals surface area contributed by atoms with Crippen LogP contribution in [0.25, 0.3) is 0 Å². The topological polar surface area (TPSA) is 92.7 Å². The van der Waals surface area contributed by atoms with Crippen LogP contribution in [-0.4, -0.2) is 44.0 Å². The van der Waals surface area contributed by atoms with Crippen LogP contribution in [0.1, 0.15) is 12.0 Å². The molecule has 1 aromatic rings. The van der Waals surface area contributed by atoms with E-state index in [2.05, 4.69) is 4.72 Å². The zero-order valence-electron chi connectivity index (χ0n) is 12.2. The van der Waals surface area contributed by atoms with Crippen molar-refractivity contribution < 1.29 is 23.1 Å². The number of aliphatic hydroxyl groups excluding tert-OH is 1. The predicted octanol–water partition coefficient (Wildman–Crippen LogP) is 0.379. The predicted molar refractivity (Wildman–Crippen MR) is 81.6 cm³/mol. The Labute approximate surface area is 129 Å². The first-order chi connectivity index (χ1) is 10.3. The van der Waals surface area contributed by atoms with Crippen molar-refractivity contribution in [2.45, 2.75) is 31.1 Å². The summed E-state index contributed by atoms with van der Waals surface area (Å²) in [4.78, 5) is 12.2. The highest BCUT2D eigenvalue weighted by atomic mass is 32.2. The number of benzene rings is 1. The fourth-order valence-corrected chi connectivity index (χ4v) is 2.94. The first-order valence-electron chi connectivity index (χ1n) is 6.91. The van der Waals surface area contributed by atoms with Crippen molar-refractivity contribution in [3.05, 3.63) is 48.0 Å². The monoisotopic (exact) mass is 325 g/mol. The first-order valence-corrected chi connectivity index (χ1v) is 8.81. The summed E-state index contributed by atoms with van der Waals surface area (Å²) in [6, 6.07) is 8.09. The van der Waals surface area contributed by atoms with Gasteiger partial charge < -0.3 is 9.84 Å². The number of ether oxygens (including phenoxy) is 1. The number of nitrogens with one attached hydrogen (secondary N) is 1. The Kier molecular flexibility index (Phi) is 5.33. The normalized spacial score (nSPS) is 22.5. The van der Waals surface area contributed by atoms with Crippen molar-refractivity contribution >= 4 is 16.0 Å². The highest BCUT2D eigenvalue weighted by Crippen LogP contribution is 2.15. The van der Waals surface area contributed by atoms with Gasteiger partial charge in [-0.1, -0.05) is 36.4 Å². The van der Waals surface area contributed by atoms with E-state index in [0.717, 1.165) is 11.8 Å². The van der Waals surface area contributed by atoms with E-state index in [1.54, 1.807) is 12.2 Å². The number of hydrogen-bond acceptors (Lipinski definition) is 5. The van der Waals surface area contributed by atoms with Crippen LogP contribution in [0.4, 0.5) is 0 Å². The summed E-state index contributed by atoms with van der Waals surface area (Å²) < 4.78 is 30.5. The van der Waals surface area contributed by atoms with Gasteiger partial charge in [-0.25, -0.2) is 13.1 Å². The summed E-state index contributed by atoms with van der Waals surface area (Å²) in [6.45, 7) is 0. The van der Waals surface area contributed by atoms with Crippen LogP contribution < -0.4 is 4.72 Å². The van der Waals surface area contributed by atoms with Gasteiger partial charge in [0.05, 0.1) is 12.4 Å². The van der Waals surface area contributed by atoms with Crippen molar-refractivity contribution in [3.8, 4) is 0 Å². The maximum absolute atomic E-state index is 12.2. The molecule has 22 heavy (non-hydrogen) atoms. The molecular weight excluding hydrogens is 306 g/mol. The molecule has 2 rings (SSSR count). The van der Waals surface area contributed by atoms with Crippen LogP contribution in [0.3, 0.4) is 0 Å². The van der Waals surface area contributed by atoms with Crippen LogP contribution in [0.2, 0.25) is 0 Å². The minimum Gasteiger partial charge on any atom is -0.457 e. The smallest absolute Gasteiger partial charge is 0.325 e. The minimum atomic E-state index is -3.55. The Balaban J connectivity index is 2.06. The highest BCUT2D eigenvalue weighted by molar-refractivity contribution is 7.88. The van der Waals surface area contributed by atoms with Crippen molar-refractivity contribution in [2.24, 2.45) is 0 Å². The summed E-state index contributed by atoms with van der Waals surface area (Å²) in [5.41, 5.74) is 0.822. The number of aliphatic hydroxyl groups is 1. The molecule has 0 aliphatic heterocycles. The van der Waals surface area contributed by atoms with Gasteiger partial charge in [0.25, 0.3) is 0 Å². The van der Waals surface area contributed by atoms with Crippen molar-refractivity contribution in [1.82, 2.24) is 4.72 Å². The van der Waals surface area contributed by atoms with Gasteiger partial charge in [0, 0.05) is 6.42 Å². The second kappa shape index (κ2) is 7.04. The molecule has 0 unspecified atom stereocenters. The SMILES string of the molecule is CS(=O)(=O)N[C@@H](Cc1ccccc1)C(=O)O[C@@H]1C=C[C@H](O)C1. The summed E-state index contributed by atoms with van der Waals surface area (Å²) in [5.74, 6) is -0.655. The molecule has 0 aromatic heterocycles. The van der Waals surface area contributed by atoms with Crippen LogP contribution in [-0.2, 0) is 26.0 Å². The lowest BCUT2D eigenvalue weighted by atomic mass is 10.1. The van der Waals surface area contributed by atoms with Gasteiger partial charge in [0.2, 0.25) is 10.0 Å². The molecule has 0 saturated carbocycles. The van der Waals surface area contributed by atoms with Crippen molar-refractivity contribution in [3.63, 3.8) is 0 Å². The number of rotatable bonds is 6. The van der Waals surface area contributed by atoms with Crippen molar-refractivity contribution in [1.29, 1.82) is 0 Å². The van der Waals surface area contributed by atoms with Gasteiger partial charge in [-0.05, 0) is 18.1 Å². The Morgan fingerprint density at radius 2 is 2.05 bits per heavy atom. The molecule has 2 N–H and O–H groups in total. The molecule has 0 bridgehead atoms. The van der Waals surface area contributed by atoms with Gasteiger partial charge in [0.1, 0.15) is 12.1 Å². The molecule has 0 radical (unpaired) electrons. The van der Waals surface area contributed by atoms with E-state index in [4.69, 9.17) is 4.74 Å². The largest absolute Gasteiger partial charge is 0.457 e. The van der Waals surface area contributed by atoms with Crippen LogP contribution in [0.15, 0.2) is 42.5 Å². The molecule has 6 nitrogen and oxygen atoms in total. The molecule has 7 heteroatoms. The van der Waals surface area contributed by atoms with Gasteiger partial charge in [0.15, 0.2) is 0 Å². The molecule has 1 aliphatic rings. The fourth-order valence-electron chi connectivity index (χ4n) is 2.25. The third kappa shape index (κ3) is 5.25. The average Bonchev–Trinajstić information content (AvgIpc) is 2.83. The first kappa shape index (κ1) is 16.7. The Morgan fingerprint density at radius 1 is 1.36 bits per heavy atom. The zero-order valence-corrected chi connectivity index (χ0v) is 13.0. The van der Waals surface area contributed by atoms with E-state index < -0.39 is 34.2 Å². The minimum absolute atomic E-state index is 0.200. The van der Waals surface area contributed by atoms with Gasteiger partial charge in [-0.2, -0.15) is 0 Å². The Hall–Kier alpha value is -1.70. The lowest BCUT2D eigenvalue weighted by molar-refractivity contribution is -0.149. The third-order valence-corrected chi connectivity index (χ3v) is 3.93. The molecule has 1 aliphatic carbocycles. The molecule has 0 amide bonds. The standard InChI is InChI=1S/C15H19NO5S/c1-22(19,20)16-14(9-11-5-3-2-4-6-11)15(18)21-13-8-7-12(17)10-13/h2-8,12-14,16-17H,9-10H2,1H3/t12-,13+,14-/m0/s1. The molecule has 0 spiro atoms. The summed E-state index contributed by atoms with van der Waals surface area (Å²) >= 11 is 0. The molecule has 0 heterocycles. The number of hydrogen-bond donors (Lipinski definition) is 2. The lowest BCUT2D eigenvalue weighted by Crippen LogP contribution is -2.43. The molecule has 0 saturated heterocycles. The Morgan fingerprint density at radius 3 is 2.59 bits per heavy atom. The van der Waals surface area contributed by atoms with Gasteiger partial charge in [-0.3, -0.25) is 4.79 Å². The van der Waals surface area contributed by atoms with Crippen LogP contribution in [0, 0.1) is 0 Å². The third-order valence-electron chi connectivity index (χ3n) is 3.21. The summed E-state index contributed by atoms with van der Waals surface area (Å²) in [7, 11) is -3.55. The number of carbonyl (C=O) groups excluding carboxylic acids is 1. The lowest BCUT2D eigenvalue weighted by Gasteiger charge is -2.19. The molecular formula is C15H19NO5S. The Bertz CT molecular complexity index is 641. The maximum Gasteiger partial charge on any atom is 0.325 e. The second-order valence-electron chi connectivity index (χ2n) is 5.30. The van der Waals surface area contributed by atoms with E-state index in [0.29, 0.717) is 6.42 Å². The summed E-state index contributed by atoms with van der Waals surface area (Å²) in [5, 5.41) is 9.38. The maximum atomic E-state index is 12.2. The fraction of sp³-hybridized carbons (Fsp3) is 0.400. The quantitative estimate of drug-likeness (QED) is 0.583. The van der Waals surface area contributed by atoms with Crippen molar-refractivity contribution in [2.75, 3.05) is 6.26 Å². The number of carbonyl (C=O) groups is 1. The molecule has 120 valence electrons. The second-order valence-corrected chi connectivity index (χ2v) is 7.08. The molecule has 3 atom stereocenters. The van der Waals surface area contributed by atoms with E-state index in [1.165, 1.54) is 0 Å². The molecule has 1 aromatic carbocycles.